The van der Waals surface area contributed by atoms with Gasteiger partial charge in [-0.3, -0.25) is 0 Å². The smallest absolute Gasteiger partial charge is 0.0441 e. The first-order chi connectivity index (χ1) is 5.61. The van der Waals surface area contributed by atoms with Gasteiger partial charge in [0, 0.05) is 9.85 Å². The second-order valence-electron chi connectivity index (χ2n) is 3.02. The Morgan fingerprint density at radius 1 is 1.50 bits per heavy atom. The molecule has 66 valence electrons. The quantitative estimate of drug-likeness (QED) is 0.694. The molecule has 1 atom stereocenters. The van der Waals surface area contributed by atoms with Crippen LogP contribution in [-0.4, -0.2) is 4.83 Å². The third kappa shape index (κ3) is 2.49. The molecular weight excluding hydrogens is 235 g/mol. The summed E-state index contributed by atoms with van der Waals surface area (Å²) in [6, 6.07) is 6.02. The Balaban J connectivity index is 2.96. The van der Waals surface area contributed by atoms with E-state index < -0.39 is 0 Å². The first-order valence-corrected chi connectivity index (χ1v) is 5.28. The van der Waals surface area contributed by atoms with Gasteiger partial charge in [-0.2, -0.15) is 0 Å². The van der Waals surface area contributed by atoms with Gasteiger partial charge in [-0.1, -0.05) is 46.6 Å². The minimum atomic E-state index is 0.482. The number of alkyl halides is 1. The van der Waals surface area contributed by atoms with Crippen LogP contribution in [0, 0.1) is 6.92 Å². The van der Waals surface area contributed by atoms with Crippen molar-refractivity contribution in [1.29, 1.82) is 0 Å². The Bertz CT molecular complexity index is 248. The van der Waals surface area contributed by atoms with E-state index in [1.54, 1.807) is 0 Å². The molecule has 0 aliphatic carbocycles. The third-order valence-corrected chi connectivity index (χ3v) is 2.52. The van der Waals surface area contributed by atoms with Crippen molar-refractivity contribution in [1.82, 2.24) is 0 Å². The molecule has 0 aliphatic heterocycles. The molecule has 12 heavy (non-hydrogen) atoms. The Morgan fingerprint density at radius 2 is 2.17 bits per heavy atom. The SMILES string of the molecule is Cc1cccc(Cl)c1CC(C)Br. The maximum atomic E-state index is 6.05. The fraction of sp³-hybridized carbons (Fsp3) is 0.400. The monoisotopic (exact) mass is 246 g/mol. The third-order valence-electron chi connectivity index (χ3n) is 1.84. The summed E-state index contributed by atoms with van der Waals surface area (Å²) in [5.41, 5.74) is 2.53. The Labute approximate surface area is 87.1 Å². The summed E-state index contributed by atoms with van der Waals surface area (Å²) in [7, 11) is 0. The summed E-state index contributed by atoms with van der Waals surface area (Å²) in [5, 5.41) is 0.876. The second-order valence-corrected chi connectivity index (χ2v) is 4.99. The van der Waals surface area contributed by atoms with Crippen molar-refractivity contribution in [3.05, 3.63) is 34.3 Å². The van der Waals surface area contributed by atoms with Gasteiger partial charge in [0.2, 0.25) is 0 Å². The number of hydrogen-bond acceptors (Lipinski definition) is 0. The molecule has 1 unspecified atom stereocenters. The van der Waals surface area contributed by atoms with Crippen LogP contribution in [0.1, 0.15) is 18.1 Å². The molecule has 1 rings (SSSR count). The van der Waals surface area contributed by atoms with Crippen LogP contribution in [0.15, 0.2) is 18.2 Å². The molecule has 0 amide bonds. The lowest BCUT2D eigenvalue weighted by molar-refractivity contribution is 0.949. The van der Waals surface area contributed by atoms with Crippen LogP contribution in [0.3, 0.4) is 0 Å². The number of benzene rings is 1. The topological polar surface area (TPSA) is 0 Å². The van der Waals surface area contributed by atoms with E-state index in [1.165, 1.54) is 11.1 Å². The van der Waals surface area contributed by atoms with Crippen LogP contribution in [0.2, 0.25) is 5.02 Å². The molecule has 0 fully saturated rings. The minimum absolute atomic E-state index is 0.482. The average molecular weight is 248 g/mol. The fourth-order valence-electron chi connectivity index (χ4n) is 1.21. The summed E-state index contributed by atoms with van der Waals surface area (Å²) in [6.07, 6.45) is 0.992. The normalized spacial score (nSPS) is 13.0. The van der Waals surface area contributed by atoms with E-state index >= 15 is 0 Å². The van der Waals surface area contributed by atoms with Crippen LogP contribution < -0.4 is 0 Å². The Morgan fingerprint density at radius 3 is 2.67 bits per heavy atom. The van der Waals surface area contributed by atoms with Gasteiger partial charge in [0.25, 0.3) is 0 Å². The minimum Gasteiger partial charge on any atom is -0.0890 e. The standard InChI is InChI=1S/C10H12BrCl/c1-7-4-3-5-10(12)9(7)6-8(2)11/h3-5,8H,6H2,1-2H3. The van der Waals surface area contributed by atoms with Crippen molar-refractivity contribution in [2.24, 2.45) is 0 Å². The molecule has 0 spiro atoms. The molecule has 0 saturated carbocycles. The van der Waals surface area contributed by atoms with E-state index in [4.69, 9.17) is 11.6 Å². The number of hydrogen-bond donors (Lipinski definition) is 0. The van der Waals surface area contributed by atoms with E-state index in [0.717, 1.165) is 11.4 Å². The van der Waals surface area contributed by atoms with Gasteiger partial charge in [-0.25, -0.2) is 0 Å². The summed E-state index contributed by atoms with van der Waals surface area (Å²) in [6.45, 7) is 4.22. The molecule has 0 N–H and O–H groups in total. The lowest BCUT2D eigenvalue weighted by atomic mass is 10.0. The second kappa shape index (κ2) is 4.29. The molecule has 2 heteroatoms. The molecular formula is C10H12BrCl. The highest BCUT2D eigenvalue weighted by atomic mass is 79.9. The average Bonchev–Trinajstić information content (AvgIpc) is 1.97. The van der Waals surface area contributed by atoms with E-state index in [-0.39, 0.29) is 0 Å². The van der Waals surface area contributed by atoms with Crippen molar-refractivity contribution in [2.45, 2.75) is 25.1 Å². The van der Waals surface area contributed by atoms with Gasteiger partial charge in [0.15, 0.2) is 0 Å². The van der Waals surface area contributed by atoms with Gasteiger partial charge in [0.1, 0.15) is 0 Å². The molecule has 0 bridgehead atoms. The van der Waals surface area contributed by atoms with Crippen molar-refractivity contribution >= 4 is 27.5 Å². The van der Waals surface area contributed by atoms with Gasteiger partial charge in [-0.15, -0.1) is 0 Å². The highest BCUT2D eigenvalue weighted by molar-refractivity contribution is 9.09. The van der Waals surface area contributed by atoms with Crippen molar-refractivity contribution in [3.8, 4) is 0 Å². The maximum Gasteiger partial charge on any atom is 0.0441 e. The molecule has 1 aromatic rings. The van der Waals surface area contributed by atoms with Gasteiger partial charge in [0.05, 0.1) is 0 Å². The predicted molar refractivity (Wildman–Crippen MR) is 58.3 cm³/mol. The lowest BCUT2D eigenvalue weighted by Crippen LogP contribution is -1.99. The van der Waals surface area contributed by atoms with E-state index in [9.17, 15) is 0 Å². The van der Waals surface area contributed by atoms with Crippen LogP contribution in [-0.2, 0) is 6.42 Å². The summed E-state index contributed by atoms with van der Waals surface area (Å²) in [4.78, 5) is 0.482. The van der Waals surface area contributed by atoms with Gasteiger partial charge < -0.3 is 0 Å². The molecule has 0 heterocycles. The van der Waals surface area contributed by atoms with Crippen molar-refractivity contribution in [3.63, 3.8) is 0 Å². The summed E-state index contributed by atoms with van der Waals surface area (Å²) in [5.74, 6) is 0. The first-order valence-electron chi connectivity index (χ1n) is 3.99. The maximum absolute atomic E-state index is 6.05. The van der Waals surface area contributed by atoms with E-state index in [1.807, 2.05) is 12.1 Å². The van der Waals surface area contributed by atoms with Crippen LogP contribution >= 0.6 is 27.5 Å². The molecule has 1 aromatic carbocycles. The molecule has 0 nitrogen and oxygen atoms in total. The highest BCUT2D eigenvalue weighted by Crippen LogP contribution is 2.22. The predicted octanol–water partition coefficient (Wildman–Crippen LogP) is 3.97. The van der Waals surface area contributed by atoms with Crippen LogP contribution in [0.25, 0.3) is 0 Å². The van der Waals surface area contributed by atoms with Crippen LogP contribution in [0.5, 0.6) is 0 Å². The molecule has 0 saturated heterocycles. The zero-order valence-electron chi connectivity index (χ0n) is 7.27. The number of aryl methyl sites for hydroxylation is 1. The van der Waals surface area contributed by atoms with Crippen molar-refractivity contribution < 1.29 is 0 Å². The molecule has 0 radical (unpaired) electrons. The number of halogens is 2. The highest BCUT2D eigenvalue weighted by Gasteiger charge is 2.05. The Hall–Kier alpha value is -0.0100. The van der Waals surface area contributed by atoms with Crippen LogP contribution in [0.4, 0.5) is 0 Å². The van der Waals surface area contributed by atoms with Crippen molar-refractivity contribution in [2.75, 3.05) is 0 Å². The van der Waals surface area contributed by atoms with E-state index in [2.05, 4.69) is 35.8 Å². The first kappa shape index (κ1) is 10.1. The molecule has 0 aliphatic rings. The zero-order chi connectivity index (χ0) is 9.14. The molecule has 0 aromatic heterocycles. The number of rotatable bonds is 2. The lowest BCUT2D eigenvalue weighted by Gasteiger charge is -2.08. The summed E-state index contributed by atoms with van der Waals surface area (Å²) < 4.78 is 0. The summed E-state index contributed by atoms with van der Waals surface area (Å²) >= 11 is 9.57. The fourth-order valence-corrected chi connectivity index (χ4v) is 1.83. The van der Waals surface area contributed by atoms with Gasteiger partial charge in [-0.05, 0) is 30.5 Å². The zero-order valence-corrected chi connectivity index (χ0v) is 9.61. The van der Waals surface area contributed by atoms with E-state index in [0.29, 0.717) is 4.83 Å². The largest absolute Gasteiger partial charge is 0.0890 e. The Kier molecular flexibility index (Phi) is 3.60. The van der Waals surface area contributed by atoms with Gasteiger partial charge >= 0.3 is 0 Å².